The molecule has 0 saturated carbocycles. The van der Waals surface area contributed by atoms with Crippen molar-refractivity contribution in [1.82, 2.24) is 20.6 Å². The maximum Gasteiger partial charge on any atom is 0.407 e. The number of rotatable bonds is 4. The minimum atomic E-state index is -0.580. The minimum absolute atomic E-state index is 0.0639. The predicted molar refractivity (Wildman–Crippen MR) is 125 cm³/mol. The fraction of sp³-hybridized carbons (Fsp3) is 0.455. The fourth-order valence-electron chi connectivity index (χ4n) is 3.42. The summed E-state index contributed by atoms with van der Waals surface area (Å²) in [6.45, 7) is 11.9. The van der Waals surface area contributed by atoms with Crippen LogP contribution in [0.25, 0.3) is 0 Å². The van der Waals surface area contributed by atoms with Crippen LogP contribution in [0, 0.1) is 6.92 Å². The molecule has 0 saturated heterocycles. The number of nitrogens with zero attached hydrogens (tertiary/aromatic N) is 3. The van der Waals surface area contributed by atoms with Crippen LogP contribution in [0.1, 0.15) is 67.8 Å². The van der Waals surface area contributed by atoms with Gasteiger partial charge < -0.3 is 20.3 Å². The van der Waals surface area contributed by atoms with Crippen LogP contribution in [0.4, 0.5) is 16.3 Å². The zero-order chi connectivity index (χ0) is 23.8. The second-order valence-electron chi connectivity index (χ2n) is 8.90. The van der Waals surface area contributed by atoms with Crippen LogP contribution < -0.4 is 15.5 Å². The fourth-order valence-corrected chi connectivity index (χ4v) is 3.70. The summed E-state index contributed by atoms with van der Waals surface area (Å²) in [5, 5.41) is 5.93. The number of aromatic nitrogens is 2. The Morgan fingerprint density at radius 2 is 1.97 bits per heavy atom. The third kappa shape index (κ3) is 5.24. The zero-order valence-corrected chi connectivity index (χ0v) is 20.5. The highest BCUT2D eigenvalue weighted by atomic mass is 35.5. The average molecular weight is 480 g/mol. The van der Waals surface area contributed by atoms with Crippen molar-refractivity contribution in [2.45, 2.75) is 59.6 Å². The summed E-state index contributed by atoms with van der Waals surface area (Å²) in [5.74, 6) is 0.223. The molecule has 3 heterocycles. The predicted octanol–water partition coefficient (Wildman–Crippen LogP) is 5.08. The molecule has 8 nitrogen and oxygen atoms in total. The van der Waals surface area contributed by atoms with Gasteiger partial charge in [-0.25, -0.2) is 9.78 Å². The van der Waals surface area contributed by atoms with E-state index >= 15 is 0 Å². The number of hydrogen-bond acceptors (Lipinski definition) is 6. The first-order valence-corrected chi connectivity index (χ1v) is 11.0. The number of pyridine rings is 2. The molecule has 0 atom stereocenters. The molecule has 2 aromatic heterocycles. The van der Waals surface area contributed by atoms with Gasteiger partial charge in [-0.15, -0.1) is 0 Å². The first-order valence-electron chi connectivity index (χ1n) is 10.3. The van der Waals surface area contributed by atoms with Gasteiger partial charge in [-0.1, -0.05) is 37.0 Å². The molecule has 0 radical (unpaired) electrons. The second-order valence-corrected chi connectivity index (χ2v) is 9.66. The molecule has 2 amide bonds. The third-order valence-electron chi connectivity index (χ3n) is 4.70. The summed E-state index contributed by atoms with van der Waals surface area (Å²) < 4.78 is 5.30. The Labute approximate surface area is 197 Å². The topological polar surface area (TPSA) is 96.5 Å². The van der Waals surface area contributed by atoms with E-state index in [4.69, 9.17) is 32.9 Å². The molecule has 172 valence electrons. The number of fused-ring (bicyclic) bond motifs is 1. The Bertz CT molecular complexity index is 1070. The SMILES string of the molecule is Cc1cc(CNC(=O)OC(C)(C)C)nc(C(C)C)c1N1CNC(=O)c2cc(Cl)c(Cl)nc21. The highest BCUT2D eigenvalue weighted by molar-refractivity contribution is 6.41. The number of aryl methyl sites for hydroxylation is 1. The summed E-state index contributed by atoms with van der Waals surface area (Å²) in [7, 11) is 0. The highest BCUT2D eigenvalue weighted by Crippen LogP contribution is 2.38. The molecule has 0 spiro atoms. The van der Waals surface area contributed by atoms with Gasteiger partial charge >= 0.3 is 6.09 Å². The van der Waals surface area contributed by atoms with E-state index in [0.717, 1.165) is 16.9 Å². The van der Waals surface area contributed by atoms with Crippen molar-refractivity contribution in [3.63, 3.8) is 0 Å². The summed E-state index contributed by atoms with van der Waals surface area (Å²) >= 11 is 12.2. The van der Waals surface area contributed by atoms with Crippen LogP contribution in [0.5, 0.6) is 0 Å². The highest BCUT2D eigenvalue weighted by Gasteiger charge is 2.30. The number of ether oxygens (including phenoxy) is 1. The van der Waals surface area contributed by atoms with Gasteiger partial charge in [-0.2, -0.15) is 0 Å². The van der Waals surface area contributed by atoms with Crippen LogP contribution in [0.15, 0.2) is 12.1 Å². The van der Waals surface area contributed by atoms with Crippen molar-refractivity contribution in [2.24, 2.45) is 0 Å². The van der Waals surface area contributed by atoms with E-state index in [-0.39, 0.29) is 35.2 Å². The lowest BCUT2D eigenvalue weighted by Crippen LogP contribution is -2.42. The quantitative estimate of drug-likeness (QED) is 0.593. The van der Waals surface area contributed by atoms with Gasteiger partial charge in [-0.05, 0) is 51.3 Å². The average Bonchev–Trinajstić information content (AvgIpc) is 2.67. The lowest BCUT2D eigenvalue weighted by molar-refractivity contribution is 0.0522. The van der Waals surface area contributed by atoms with E-state index in [9.17, 15) is 9.59 Å². The third-order valence-corrected chi connectivity index (χ3v) is 5.38. The van der Waals surface area contributed by atoms with Crippen molar-refractivity contribution < 1.29 is 14.3 Å². The number of amides is 2. The van der Waals surface area contributed by atoms with Crippen LogP contribution in [-0.2, 0) is 11.3 Å². The number of alkyl carbamates (subject to hydrolysis) is 1. The van der Waals surface area contributed by atoms with Crippen molar-refractivity contribution in [1.29, 1.82) is 0 Å². The lowest BCUT2D eigenvalue weighted by Gasteiger charge is -2.33. The van der Waals surface area contributed by atoms with Crippen LogP contribution in [0.3, 0.4) is 0 Å². The maximum absolute atomic E-state index is 12.4. The molecule has 1 aliphatic heterocycles. The Morgan fingerprint density at radius 1 is 1.28 bits per heavy atom. The van der Waals surface area contributed by atoms with Gasteiger partial charge in [0.25, 0.3) is 5.91 Å². The monoisotopic (exact) mass is 479 g/mol. The van der Waals surface area contributed by atoms with Gasteiger partial charge in [0.1, 0.15) is 16.6 Å². The van der Waals surface area contributed by atoms with E-state index in [1.165, 1.54) is 6.07 Å². The largest absolute Gasteiger partial charge is 0.444 e. The molecule has 0 aromatic carbocycles. The number of carbonyl (C=O) groups is 2. The van der Waals surface area contributed by atoms with E-state index in [0.29, 0.717) is 17.1 Å². The summed E-state index contributed by atoms with van der Waals surface area (Å²) in [4.78, 5) is 35.5. The van der Waals surface area contributed by atoms with E-state index in [1.54, 1.807) is 0 Å². The summed E-state index contributed by atoms with van der Waals surface area (Å²) in [5.41, 5.74) is 3.01. The Balaban J connectivity index is 1.98. The van der Waals surface area contributed by atoms with E-state index < -0.39 is 11.7 Å². The number of nitrogens with one attached hydrogen (secondary N) is 2. The second kappa shape index (κ2) is 9.11. The molecule has 0 fully saturated rings. The lowest BCUT2D eigenvalue weighted by atomic mass is 10.0. The standard InChI is InChI=1S/C22H27Cl2N5O3/c1-11(2)16-17(12(3)7-13(27-16)9-25-21(31)32-22(4,5)6)29-10-26-20(30)14-8-15(23)18(24)28-19(14)29/h7-8,11H,9-10H2,1-6H3,(H,25,31)(H,26,30). The maximum atomic E-state index is 12.4. The molecule has 1 aliphatic rings. The number of hydrogen-bond donors (Lipinski definition) is 2. The molecule has 10 heteroatoms. The van der Waals surface area contributed by atoms with Crippen LogP contribution >= 0.6 is 23.2 Å². The Morgan fingerprint density at radius 3 is 2.59 bits per heavy atom. The van der Waals surface area contributed by atoms with E-state index in [1.807, 2.05) is 52.5 Å². The van der Waals surface area contributed by atoms with Gasteiger partial charge in [-0.3, -0.25) is 9.78 Å². The van der Waals surface area contributed by atoms with Crippen molar-refractivity contribution in [2.75, 3.05) is 11.6 Å². The number of halogens is 2. The molecular weight excluding hydrogens is 453 g/mol. The molecule has 32 heavy (non-hydrogen) atoms. The normalized spacial score (nSPS) is 13.7. The van der Waals surface area contributed by atoms with Crippen molar-refractivity contribution in [3.8, 4) is 0 Å². The van der Waals surface area contributed by atoms with Gasteiger partial charge in [0.2, 0.25) is 0 Å². The summed E-state index contributed by atoms with van der Waals surface area (Å²) in [6, 6.07) is 3.41. The van der Waals surface area contributed by atoms with Crippen molar-refractivity contribution >= 4 is 46.7 Å². The molecular formula is C22H27Cl2N5O3. The minimum Gasteiger partial charge on any atom is -0.444 e. The van der Waals surface area contributed by atoms with Gasteiger partial charge in [0.15, 0.2) is 0 Å². The van der Waals surface area contributed by atoms with Crippen LogP contribution in [0.2, 0.25) is 10.2 Å². The first kappa shape index (κ1) is 24.1. The molecule has 2 N–H and O–H groups in total. The Hall–Kier alpha value is -2.58. The first-order chi connectivity index (χ1) is 14.9. The Kier molecular flexibility index (Phi) is 6.86. The molecule has 0 bridgehead atoms. The smallest absolute Gasteiger partial charge is 0.407 e. The zero-order valence-electron chi connectivity index (χ0n) is 19.0. The summed E-state index contributed by atoms with van der Waals surface area (Å²) in [6.07, 6.45) is -0.504. The molecule has 0 aliphatic carbocycles. The molecule has 3 rings (SSSR count). The number of anilines is 2. The number of carbonyl (C=O) groups excluding carboxylic acids is 2. The molecule has 2 aromatic rings. The molecule has 0 unspecified atom stereocenters. The van der Waals surface area contributed by atoms with E-state index in [2.05, 4.69) is 15.6 Å². The van der Waals surface area contributed by atoms with Gasteiger partial charge in [0, 0.05) is 0 Å². The van der Waals surface area contributed by atoms with Gasteiger partial charge in [0.05, 0.1) is 40.9 Å². The van der Waals surface area contributed by atoms with Crippen molar-refractivity contribution in [3.05, 3.63) is 44.8 Å². The van der Waals surface area contributed by atoms with Crippen LogP contribution in [-0.4, -0.2) is 34.2 Å².